The third kappa shape index (κ3) is 4.15. The summed E-state index contributed by atoms with van der Waals surface area (Å²) in [6.07, 6.45) is 0.248. The maximum atomic E-state index is 14.2. The molecular weight excluding hydrogens is 468 g/mol. The third-order valence-electron chi connectivity index (χ3n) is 7.19. The molecule has 0 aliphatic heterocycles. The van der Waals surface area contributed by atoms with E-state index in [0.717, 1.165) is 22.5 Å². The summed E-state index contributed by atoms with van der Waals surface area (Å²) in [6, 6.07) is 22.6. The molecule has 3 unspecified atom stereocenters. The van der Waals surface area contributed by atoms with Gasteiger partial charge in [-0.1, -0.05) is 66.7 Å². The number of carbonyl (C=O) groups is 1. The molecule has 1 heterocycles. The van der Waals surface area contributed by atoms with Crippen molar-refractivity contribution in [2.45, 2.75) is 24.9 Å². The van der Waals surface area contributed by atoms with Crippen LogP contribution in [0.25, 0.3) is 11.3 Å². The smallest absolute Gasteiger partial charge is 0.203 e. The summed E-state index contributed by atoms with van der Waals surface area (Å²) in [4.78, 5) is 14.2. The number of fused-ring (bicyclic) bond motifs is 1. The zero-order valence-electron chi connectivity index (χ0n) is 21.3. The van der Waals surface area contributed by atoms with Crippen molar-refractivity contribution >= 4 is 5.78 Å². The zero-order valence-corrected chi connectivity index (χ0v) is 21.3. The minimum Gasteiger partial charge on any atom is -0.493 e. The van der Waals surface area contributed by atoms with Crippen molar-refractivity contribution in [1.82, 2.24) is 10.2 Å². The van der Waals surface area contributed by atoms with Crippen molar-refractivity contribution in [2.75, 3.05) is 21.3 Å². The van der Waals surface area contributed by atoms with Gasteiger partial charge >= 0.3 is 0 Å². The second-order valence-corrected chi connectivity index (χ2v) is 9.47. The maximum absolute atomic E-state index is 14.2. The number of Topliss-reactive ketones (excluding diaryl/α,β-unsaturated/α-hetero) is 1. The van der Waals surface area contributed by atoms with Gasteiger partial charge in [-0.25, -0.2) is 0 Å². The Morgan fingerprint density at radius 3 is 2.19 bits per heavy atom. The molecule has 5 rings (SSSR count). The Morgan fingerprint density at radius 2 is 1.57 bits per heavy atom. The average Bonchev–Trinajstić information content (AvgIpc) is 3.34. The first-order chi connectivity index (χ1) is 17.9. The summed E-state index contributed by atoms with van der Waals surface area (Å²) < 4.78 is 17.1. The summed E-state index contributed by atoms with van der Waals surface area (Å²) >= 11 is 0. The molecule has 190 valence electrons. The molecule has 37 heavy (non-hydrogen) atoms. The van der Waals surface area contributed by atoms with E-state index in [-0.39, 0.29) is 12.2 Å². The number of benzene rings is 3. The minimum absolute atomic E-state index is 0.154. The first-order valence-electron chi connectivity index (χ1n) is 12.1. The third-order valence-corrected chi connectivity index (χ3v) is 7.19. The van der Waals surface area contributed by atoms with Crippen molar-refractivity contribution in [3.05, 3.63) is 95.2 Å². The highest BCUT2D eigenvalue weighted by molar-refractivity contribution is 6.00. The second kappa shape index (κ2) is 9.75. The van der Waals surface area contributed by atoms with Crippen molar-refractivity contribution < 1.29 is 24.1 Å². The largest absolute Gasteiger partial charge is 0.493 e. The molecule has 2 N–H and O–H groups in total. The summed E-state index contributed by atoms with van der Waals surface area (Å²) in [6.45, 7) is 1.71. The minimum atomic E-state index is -1.37. The van der Waals surface area contributed by atoms with Gasteiger partial charge in [0.25, 0.3) is 0 Å². The highest BCUT2D eigenvalue weighted by Crippen LogP contribution is 2.54. The lowest BCUT2D eigenvalue weighted by Gasteiger charge is -2.42. The Balaban J connectivity index is 1.82. The van der Waals surface area contributed by atoms with Crippen LogP contribution in [-0.2, 0) is 6.42 Å². The van der Waals surface area contributed by atoms with Crippen LogP contribution in [-0.4, -0.2) is 48.0 Å². The molecule has 0 saturated heterocycles. The van der Waals surface area contributed by atoms with E-state index in [1.807, 2.05) is 54.6 Å². The van der Waals surface area contributed by atoms with E-state index in [4.69, 9.17) is 14.2 Å². The van der Waals surface area contributed by atoms with E-state index in [1.54, 1.807) is 46.5 Å². The number of ether oxygens (including phenoxy) is 3. The van der Waals surface area contributed by atoms with Gasteiger partial charge in [-0.2, -0.15) is 5.10 Å². The van der Waals surface area contributed by atoms with E-state index in [0.29, 0.717) is 28.4 Å². The van der Waals surface area contributed by atoms with Crippen LogP contribution < -0.4 is 14.2 Å². The van der Waals surface area contributed by atoms with Gasteiger partial charge in [0.1, 0.15) is 0 Å². The number of nitrogens with one attached hydrogen (secondary N) is 1. The van der Waals surface area contributed by atoms with Crippen LogP contribution in [0.4, 0.5) is 0 Å². The highest BCUT2D eigenvalue weighted by atomic mass is 16.5. The summed E-state index contributed by atoms with van der Waals surface area (Å²) in [5.41, 5.74) is 3.15. The molecule has 4 aromatic rings. The van der Waals surface area contributed by atoms with E-state index in [2.05, 4.69) is 10.2 Å². The van der Waals surface area contributed by atoms with Crippen LogP contribution in [0.5, 0.6) is 17.2 Å². The highest BCUT2D eigenvalue weighted by Gasteiger charge is 2.51. The summed E-state index contributed by atoms with van der Waals surface area (Å²) in [5, 5.41) is 19.7. The summed E-state index contributed by atoms with van der Waals surface area (Å²) in [7, 11) is 4.67. The lowest BCUT2D eigenvalue weighted by Crippen LogP contribution is -2.48. The Hall–Kier alpha value is -4.10. The van der Waals surface area contributed by atoms with Crippen LogP contribution in [0.1, 0.15) is 40.0 Å². The van der Waals surface area contributed by atoms with Gasteiger partial charge in [0.2, 0.25) is 5.75 Å². The molecule has 7 heteroatoms. The van der Waals surface area contributed by atoms with E-state index < -0.39 is 17.4 Å². The Labute approximate surface area is 216 Å². The molecule has 7 nitrogen and oxygen atoms in total. The monoisotopic (exact) mass is 498 g/mol. The Bertz CT molecular complexity index is 1410. The molecular formula is C30H30N2O5. The molecule has 0 saturated carbocycles. The van der Waals surface area contributed by atoms with Crippen molar-refractivity contribution in [3.8, 4) is 28.5 Å². The molecule has 3 aromatic carbocycles. The van der Waals surface area contributed by atoms with Crippen LogP contribution in [0, 0.1) is 5.92 Å². The van der Waals surface area contributed by atoms with Gasteiger partial charge in [-0.15, -0.1) is 0 Å². The fourth-order valence-corrected chi connectivity index (χ4v) is 5.59. The standard InChI is InChI=1S/C30H30N2O5/c1-30(34)17-21-24(26(32-31-21)18-11-7-5-8-12-18)23(25(30)27(33)19-13-9-6-10-14-19)20-15-16-22(35-2)29(37-4)28(20)36-3/h5-16,23,25,34H,17H2,1-4H3,(H,31,32). The molecule has 0 radical (unpaired) electrons. The van der Waals surface area contributed by atoms with Gasteiger partial charge in [-0.05, 0) is 13.0 Å². The normalized spacial score (nSPS) is 20.7. The van der Waals surface area contributed by atoms with Crippen LogP contribution in [0.3, 0.4) is 0 Å². The van der Waals surface area contributed by atoms with Gasteiger partial charge in [0, 0.05) is 40.3 Å². The molecule has 0 amide bonds. The lowest BCUT2D eigenvalue weighted by atomic mass is 9.63. The molecule has 1 aliphatic rings. The number of hydrogen-bond acceptors (Lipinski definition) is 6. The fourth-order valence-electron chi connectivity index (χ4n) is 5.59. The number of ketones is 1. The number of nitrogens with zero attached hydrogens (tertiary/aromatic N) is 1. The first kappa shape index (κ1) is 24.6. The van der Waals surface area contributed by atoms with Crippen molar-refractivity contribution in [3.63, 3.8) is 0 Å². The number of hydrogen-bond donors (Lipinski definition) is 2. The molecule has 0 fully saturated rings. The van der Waals surface area contributed by atoms with E-state index in [9.17, 15) is 9.90 Å². The van der Waals surface area contributed by atoms with E-state index >= 15 is 0 Å². The maximum Gasteiger partial charge on any atom is 0.203 e. The van der Waals surface area contributed by atoms with Crippen molar-refractivity contribution in [2.24, 2.45) is 5.92 Å². The number of methoxy groups -OCH3 is 3. The number of aromatic amines is 1. The SMILES string of the molecule is COc1ccc(C2c3c(-c4ccccc4)n[nH]c3CC(C)(O)C2C(=O)c2ccccc2)c(OC)c1OC. The topological polar surface area (TPSA) is 93.7 Å². The first-order valence-corrected chi connectivity index (χ1v) is 12.1. The quantitative estimate of drug-likeness (QED) is 0.347. The summed E-state index contributed by atoms with van der Waals surface area (Å²) in [5.74, 6) is -0.193. The predicted molar refractivity (Wildman–Crippen MR) is 141 cm³/mol. The lowest BCUT2D eigenvalue weighted by molar-refractivity contribution is -0.00755. The molecule has 1 aliphatic carbocycles. The zero-order chi connectivity index (χ0) is 26.2. The molecule has 0 spiro atoms. The predicted octanol–water partition coefficient (Wildman–Crippen LogP) is 5.04. The molecule has 3 atom stereocenters. The van der Waals surface area contributed by atoms with Gasteiger partial charge in [0.15, 0.2) is 17.3 Å². The second-order valence-electron chi connectivity index (χ2n) is 9.47. The number of rotatable bonds is 7. The molecule has 0 bridgehead atoms. The molecule has 1 aromatic heterocycles. The van der Waals surface area contributed by atoms with E-state index in [1.165, 1.54) is 0 Å². The number of H-pyrrole nitrogens is 1. The number of aromatic nitrogens is 2. The van der Waals surface area contributed by atoms with Crippen LogP contribution >= 0.6 is 0 Å². The van der Waals surface area contributed by atoms with Crippen LogP contribution in [0.2, 0.25) is 0 Å². The Kier molecular flexibility index (Phi) is 6.48. The van der Waals surface area contributed by atoms with Crippen LogP contribution in [0.15, 0.2) is 72.8 Å². The van der Waals surface area contributed by atoms with Gasteiger partial charge in [-0.3, -0.25) is 9.89 Å². The average molecular weight is 499 g/mol. The number of carbonyl (C=O) groups excluding carboxylic acids is 1. The van der Waals surface area contributed by atoms with Gasteiger partial charge in [0.05, 0.1) is 38.5 Å². The Morgan fingerprint density at radius 1 is 0.919 bits per heavy atom. The van der Waals surface area contributed by atoms with Gasteiger partial charge < -0.3 is 19.3 Å². The number of aliphatic hydroxyl groups is 1. The van der Waals surface area contributed by atoms with Crippen molar-refractivity contribution in [1.29, 1.82) is 0 Å². The fraction of sp³-hybridized carbons (Fsp3) is 0.267.